The fraction of sp³-hybridized carbons (Fsp3) is 0.200. The third kappa shape index (κ3) is 3.11. The Hall–Kier alpha value is -2.01. The van der Waals surface area contributed by atoms with Gasteiger partial charge in [-0.05, 0) is 19.1 Å². The van der Waals surface area contributed by atoms with E-state index in [9.17, 15) is 5.11 Å². The van der Waals surface area contributed by atoms with Gasteiger partial charge in [0.15, 0.2) is 11.0 Å². The highest BCUT2D eigenvalue weighted by Crippen LogP contribution is 2.30. The van der Waals surface area contributed by atoms with Crippen LogP contribution in [0.25, 0.3) is 11.4 Å². The molecule has 20 heavy (non-hydrogen) atoms. The lowest BCUT2D eigenvalue weighted by molar-refractivity contribution is 0.476. The SMILES string of the molecule is C=CCn1c(SCC(=C)C)nnc1-c1ccccc1O. The molecule has 0 radical (unpaired) electrons. The van der Waals surface area contributed by atoms with Crippen molar-refractivity contribution in [1.82, 2.24) is 14.8 Å². The molecular formula is C15H17N3OS. The number of thioether (sulfide) groups is 1. The summed E-state index contributed by atoms with van der Waals surface area (Å²) in [5.41, 5.74) is 1.75. The Morgan fingerprint density at radius 1 is 1.40 bits per heavy atom. The molecule has 0 saturated heterocycles. The summed E-state index contributed by atoms with van der Waals surface area (Å²) in [6.07, 6.45) is 1.79. The first-order chi connectivity index (χ1) is 9.63. The van der Waals surface area contributed by atoms with Crippen LogP contribution in [-0.2, 0) is 6.54 Å². The van der Waals surface area contributed by atoms with E-state index in [0.717, 1.165) is 16.5 Å². The molecule has 0 aliphatic carbocycles. The van der Waals surface area contributed by atoms with Gasteiger partial charge in [0.2, 0.25) is 0 Å². The number of rotatable bonds is 6. The number of allylic oxidation sites excluding steroid dienone is 1. The molecule has 1 N–H and O–H groups in total. The van der Waals surface area contributed by atoms with Gasteiger partial charge in [0, 0.05) is 12.3 Å². The lowest BCUT2D eigenvalue weighted by Crippen LogP contribution is -2.01. The van der Waals surface area contributed by atoms with Crippen molar-refractivity contribution in [3.05, 3.63) is 49.1 Å². The van der Waals surface area contributed by atoms with Gasteiger partial charge in [0.05, 0.1) is 5.56 Å². The summed E-state index contributed by atoms with van der Waals surface area (Å²) in [5.74, 6) is 1.63. The Labute approximate surface area is 122 Å². The number of phenolic OH excluding ortho intramolecular Hbond substituents is 1. The molecule has 2 rings (SSSR count). The molecule has 0 unspecified atom stereocenters. The third-order valence-electron chi connectivity index (χ3n) is 2.62. The summed E-state index contributed by atoms with van der Waals surface area (Å²) in [7, 11) is 0. The molecule has 0 amide bonds. The Kier molecular flexibility index (Phi) is 4.63. The third-order valence-corrected chi connectivity index (χ3v) is 3.82. The molecule has 2 aromatic rings. The van der Waals surface area contributed by atoms with Gasteiger partial charge in [-0.2, -0.15) is 0 Å². The standard InChI is InChI=1S/C15H17N3OS/c1-4-9-18-14(12-7-5-6-8-13(12)19)16-17-15(18)20-10-11(2)3/h4-8,19H,1-2,9-10H2,3H3. The van der Waals surface area contributed by atoms with Crippen molar-refractivity contribution in [2.45, 2.75) is 18.6 Å². The molecule has 0 atom stereocenters. The van der Waals surface area contributed by atoms with Gasteiger partial charge in [-0.3, -0.25) is 4.57 Å². The van der Waals surface area contributed by atoms with Crippen molar-refractivity contribution in [3.8, 4) is 17.1 Å². The summed E-state index contributed by atoms with van der Waals surface area (Å²) in [4.78, 5) is 0. The molecule has 5 heteroatoms. The highest BCUT2D eigenvalue weighted by atomic mass is 32.2. The summed E-state index contributed by atoms with van der Waals surface area (Å²) in [5, 5.41) is 19.2. The van der Waals surface area contributed by atoms with Gasteiger partial charge in [-0.1, -0.05) is 42.1 Å². The van der Waals surface area contributed by atoms with Gasteiger partial charge < -0.3 is 5.11 Å². The maximum atomic E-state index is 9.96. The fourth-order valence-corrected chi connectivity index (χ4v) is 2.53. The van der Waals surface area contributed by atoms with Crippen molar-refractivity contribution in [1.29, 1.82) is 0 Å². The van der Waals surface area contributed by atoms with Crippen LogP contribution in [0.4, 0.5) is 0 Å². The molecule has 0 spiro atoms. The molecule has 0 fully saturated rings. The Bertz CT molecular complexity index is 634. The van der Waals surface area contributed by atoms with Crippen LogP contribution in [0, 0.1) is 0 Å². The molecule has 1 heterocycles. The van der Waals surface area contributed by atoms with Crippen LogP contribution in [0.15, 0.2) is 54.2 Å². The predicted molar refractivity (Wildman–Crippen MR) is 82.9 cm³/mol. The first-order valence-corrected chi connectivity index (χ1v) is 7.21. The van der Waals surface area contributed by atoms with Gasteiger partial charge in [-0.25, -0.2) is 0 Å². The zero-order chi connectivity index (χ0) is 14.5. The molecule has 0 bridgehead atoms. The van der Waals surface area contributed by atoms with Gasteiger partial charge in [0.1, 0.15) is 5.75 Å². The Morgan fingerprint density at radius 2 is 2.15 bits per heavy atom. The minimum atomic E-state index is 0.196. The van der Waals surface area contributed by atoms with Crippen molar-refractivity contribution in [2.24, 2.45) is 0 Å². The lowest BCUT2D eigenvalue weighted by Gasteiger charge is -2.08. The highest BCUT2D eigenvalue weighted by molar-refractivity contribution is 7.99. The molecule has 0 aliphatic rings. The summed E-state index contributed by atoms with van der Waals surface area (Å²) >= 11 is 1.58. The van der Waals surface area contributed by atoms with E-state index in [4.69, 9.17) is 0 Å². The van der Waals surface area contributed by atoms with Crippen molar-refractivity contribution >= 4 is 11.8 Å². The largest absolute Gasteiger partial charge is 0.507 e. The number of phenols is 1. The lowest BCUT2D eigenvalue weighted by atomic mass is 10.2. The molecule has 1 aromatic heterocycles. The zero-order valence-corrected chi connectivity index (χ0v) is 12.2. The first kappa shape index (κ1) is 14.4. The normalized spacial score (nSPS) is 10.4. The first-order valence-electron chi connectivity index (χ1n) is 6.23. The van der Waals surface area contributed by atoms with Crippen LogP contribution in [-0.4, -0.2) is 25.6 Å². The number of aromatic nitrogens is 3. The van der Waals surface area contributed by atoms with Crippen LogP contribution >= 0.6 is 11.8 Å². The highest BCUT2D eigenvalue weighted by Gasteiger charge is 2.15. The van der Waals surface area contributed by atoms with Crippen molar-refractivity contribution < 1.29 is 5.11 Å². The van der Waals surface area contributed by atoms with Crippen LogP contribution in [0.1, 0.15) is 6.92 Å². The topological polar surface area (TPSA) is 50.9 Å². The minimum Gasteiger partial charge on any atom is -0.507 e. The van der Waals surface area contributed by atoms with Crippen LogP contribution < -0.4 is 0 Å². The monoisotopic (exact) mass is 287 g/mol. The van der Waals surface area contributed by atoms with Crippen molar-refractivity contribution in [3.63, 3.8) is 0 Å². The van der Waals surface area contributed by atoms with Crippen molar-refractivity contribution in [2.75, 3.05) is 5.75 Å². The van der Waals surface area contributed by atoms with E-state index in [2.05, 4.69) is 23.4 Å². The minimum absolute atomic E-state index is 0.196. The van der Waals surface area contributed by atoms with Gasteiger partial charge in [-0.15, -0.1) is 16.8 Å². The number of hydrogen-bond donors (Lipinski definition) is 1. The number of nitrogens with zero attached hydrogens (tertiary/aromatic N) is 3. The fourth-order valence-electron chi connectivity index (χ4n) is 1.74. The van der Waals surface area contributed by atoms with Gasteiger partial charge in [0.25, 0.3) is 0 Å². The second-order valence-electron chi connectivity index (χ2n) is 4.47. The second kappa shape index (κ2) is 6.43. The number of benzene rings is 1. The molecular weight excluding hydrogens is 270 g/mol. The summed E-state index contributed by atoms with van der Waals surface area (Å²) < 4.78 is 1.94. The van der Waals surface area contributed by atoms with Crippen LogP contribution in [0.2, 0.25) is 0 Å². The Balaban J connectivity index is 2.41. The molecule has 4 nitrogen and oxygen atoms in total. The van der Waals surface area contributed by atoms with Crippen LogP contribution in [0.5, 0.6) is 5.75 Å². The van der Waals surface area contributed by atoms with E-state index in [-0.39, 0.29) is 5.75 Å². The molecule has 104 valence electrons. The average Bonchev–Trinajstić information content (AvgIpc) is 2.80. The quantitative estimate of drug-likeness (QED) is 0.652. The molecule has 1 aromatic carbocycles. The zero-order valence-electron chi connectivity index (χ0n) is 11.4. The number of hydrogen-bond acceptors (Lipinski definition) is 4. The van der Waals surface area contributed by atoms with E-state index < -0.39 is 0 Å². The molecule has 0 aliphatic heterocycles. The van der Waals surface area contributed by atoms with E-state index in [1.165, 1.54) is 0 Å². The maximum absolute atomic E-state index is 9.96. The Morgan fingerprint density at radius 3 is 2.80 bits per heavy atom. The van der Waals surface area contributed by atoms with E-state index in [1.807, 2.05) is 23.6 Å². The van der Waals surface area contributed by atoms with E-state index in [1.54, 1.807) is 30.0 Å². The summed E-state index contributed by atoms with van der Waals surface area (Å²) in [6, 6.07) is 7.11. The number of aromatic hydroxyl groups is 1. The number of para-hydroxylation sites is 1. The summed E-state index contributed by atoms with van der Waals surface area (Å²) in [6.45, 7) is 10.2. The van der Waals surface area contributed by atoms with E-state index in [0.29, 0.717) is 17.9 Å². The molecule has 0 saturated carbocycles. The average molecular weight is 287 g/mol. The van der Waals surface area contributed by atoms with Gasteiger partial charge >= 0.3 is 0 Å². The maximum Gasteiger partial charge on any atom is 0.192 e. The second-order valence-corrected chi connectivity index (χ2v) is 5.41. The van der Waals surface area contributed by atoms with Crippen LogP contribution in [0.3, 0.4) is 0 Å². The van der Waals surface area contributed by atoms with E-state index >= 15 is 0 Å². The smallest absolute Gasteiger partial charge is 0.192 e. The predicted octanol–water partition coefficient (Wildman–Crippen LogP) is 3.50.